The van der Waals surface area contributed by atoms with Crippen LogP contribution >= 0.6 is 0 Å². The summed E-state index contributed by atoms with van der Waals surface area (Å²) in [6.45, 7) is 5.36. The van der Waals surface area contributed by atoms with Crippen LogP contribution in [-0.2, 0) is 0 Å². The van der Waals surface area contributed by atoms with E-state index in [0.29, 0.717) is 17.7 Å². The molecule has 1 atom stereocenters. The van der Waals surface area contributed by atoms with Gasteiger partial charge < -0.3 is 16.8 Å². The molecule has 6 heteroatoms. The van der Waals surface area contributed by atoms with Gasteiger partial charge in [-0.1, -0.05) is 6.92 Å². The Balaban J connectivity index is 1.93. The summed E-state index contributed by atoms with van der Waals surface area (Å²) >= 11 is 0. The molecule has 1 aromatic heterocycles. The van der Waals surface area contributed by atoms with Gasteiger partial charge in [-0.2, -0.15) is 9.97 Å². The van der Waals surface area contributed by atoms with Crippen LogP contribution < -0.4 is 16.8 Å². The molecule has 2 heterocycles. The lowest BCUT2D eigenvalue weighted by Gasteiger charge is -2.23. The van der Waals surface area contributed by atoms with Crippen molar-refractivity contribution in [3.8, 4) is 0 Å². The van der Waals surface area contributed by atoms with Crippen molar-refractivity contribution in [1.29, 1.82) is 0 Å². The molecular weight excluding hydrogens is 216 g/mol. The number of nitrogens with zero attached hydrogens (tertiary/aromatic N) is 3. The number of likely N-dealkylation sites (N-methyl/N-ethyl adjacent to an activating group) is 1. The molecule has 1 aromatic rings. The van der Waals surface area contributed by atoms with Gasteiger partial charge in [0.2, 0.25) is 5.95 Å². The van der Waals surface area contributed by atoms with E-state index in [2.05, 4.69) is 27.1 Å². The highest BCUT2D eigenvalue weighted by molar-refractivity contribution is 5.48. The summed E-state index contributed by atoms with van der Waals surface area (Å²) in [5.41, 5.74) is 11.2. The fraction of sp³-hybridized carbons (Fsp3) is 0.636. The number of nitrogens with one attached hydrogen (secondary N) is 1. The van der Waals surface area contributed by atoms with Gasteiger partial charge in [0.15, 0.2) is 0 Å². The quantitative estimate of drug-likeness (QED) is 0.706. The molecular formula is C11H20N6. The Labute approximate surface area is 101 Å². The fourth-order valence-electron chi connectivity index (χ4n) is 2.34. The summed E-state index contributed by atoms with van der Waals surface area (Å²) in [4.78, 5) is 10.4. The molecule has 0 saturated carbocycles. The van der Waals surface area contributed by atoms with E-state index < -0.39 is 0 Å². The van der Waals surface area contributed by atoms with Crippen molar-refractivity contribution in [3.63, 3.8) is 0 Å². The van der Waals surface area contributed by atoms with Crippen molar-refractivity contribution in [2.24, 2.45) is 0 Å². The van der Waals surface area contributed by atoms with E-state index in [4.69, 9.17) is 11.5 Å². The third-order valence-electron chi connectivity index (χ3n) is 3.19. The van der Waals surface area contributed by atoms with E-state index in [-0.39, 0.29) is 5.95 Å². The van der Waals surface area contributed by atoms with E-state index >= 15 is 0 Å². The molecule has 0 spiro atoms. The Morgan fingerprint density at radius 3 is 3.00 bits per heavy atom. The van der Waals surface area contributed by atoms with E-state index in [9.17, 15) is 0 Å². The molecule has 94 valence electrons. The molecule has 17 heavy (non-hydrogen) atoms. The fourth-order valence-corrected chi connectivity index (χ4v) is 2.34. The molecule has 1 aliphatic rings. The van der Waals surface area contributed by atoms with Crippen LogP contribution in [-0.4, -0.2) is 40.5 Å². The molecule has 0 bridgehead atoms. The second-order valence-electron chi connectivity index (χ2n) is 4.34. The molecule has 1 fully saturated rings. The average Bonchev–Trinajstić information content (AvgIpc) is 2.72. The Bertz CT molecular complexity index is 360. The minimum atomic E-state index is 0.214. The molecule has 0 aromatic carbocycles. The highest BCUT2D eigenvalue weighted by Gasteiger charge is 2.22. The highest BCUT2D eigenvalue weighted by atomic mass is 15.2. The maximum absolute atomic E-state index is 5.62. The highest BCUT2D eigenvalue weighted by Crippen LogP contribution is 2.17. The van der Waals surface area contributed by atoms with Crippen LogP contribution in [0.4, 0.5) is 17.6 Å². The summed E-state index contributed by atoms with van der Waals surface area (Å²) in [6, 6.07) is 2.29. The average molecular weight is 236 g/mol. The largest absolute Gasteiger partial charge is 0.383 e. The van der Waals surface area contributed by atoms with Crippen molar-refractivity contribution in [3.05, 3.63) is 6.07 Å². The van der Waals surface area contributed by atoms with Gasteiger partial charge in [0.05, 0.1) is 0 Å². The lowest BCUT2D eigenvalue weighted by molar-refractivity contribution is 0.277. The number of likely N-dealkylation sites (tertiary alicyclic amines) is 1. The van der Waals surface area contributed by atoms with Crippen molar-refractivity contribution in [2.75, 3.05) is 36.4 Å². The zero-order chi connectivity index (χ0) is 12.3. The predicted octanol–water partition coefficient (Wildman–Crippen LogP) is 0.537. The first-order valence-corrected chi connectivity index (χ1v) is 6.07. The lowest BCUT2D eigenvalue weighted by Crippen LogP contribution is -2.34. The van der Waals surface area contributed by atoms with Gasteiger partial charge in [0.1, 0.15) is 11.6 Å². The molecule has 5 N–H and O–H groups in total. The number of hydrogen-bond acceptors (Lipinski definition) is 6. The third kappa shape index (κ3) is 2.97. The molecule has 2 rings (SSSR count). The van der Waals surface area contributed by atoms with Crippen molar-refractivity contribution in [1.82, 2.24) is 14.9 Å². The van der Waals surface area contributed by atoms with Crippen LogP contribution in [0.15, 0.2) is 6.07 Å². The van der Waals surface area contributed by atoms with Crippen LogP contribution in [0.5, 0.6) is 0 Å². The molecule has 0 aliphatic carbocycles. The molecule has 6 nitrogen and oxygen atoms in total. The van der Waals surface area contributed by atoms with Crippen LogP contribution in [0.2, 0.25) is 0 Å². The number of rotatable bonds is 4. The van der Waals surface area contributed by atoms with E-state index in [1.807, 2.05) is 0 Å². The van der Waals surface area contributed by atoms with Crippen LogP contribution in [0.25, 0.3) is 0 Å². The molecule has 0 radical (unpaired) electrons. The van der Waals surface area contributed by atoms with Gasteiger partial charge in [-0.25, -0.2) is 0 Å². The lowest BCUT2D eigenvalue weighted by atomic mass is 10.2. The van der Waals surface area contributed by atoms with Gasteiger partial charge in [-0.15, -0.1) is 0 Å². The van der Waals surface area contributed by atoms with Crippen LogP contribution in [0.1, 0.15) is 19.8 Å². The van der Waals surface area contributed by atoms with E-state index in [0.717, 1.165) is 13.1 Å². The Kier molecular flexibility index (Phi) is 3.63. The van der Waals surface area contributed by atoms with E-state index in [1.54, 1.807) is 6.07 Å². The summed E-state index contributed by atoms with van der Waals surface area (Å²) in [6.07, 6.45) is 2.51. The summed E-state index contributed by atoms with van der Waals surface area (Å²) in [5.74, 6) is 1.32. The number of anilines is 3. The zero-order valence-electron chi connectivity index (χ0n) is 10.2. The maximum Gasteiger partial charge on any atom is 0.223 e. The first kappa shape index (κ1) is 11.9. The smallest absolute Gasteiger partial charge is 0.223 e. The second-order valence-corrected chi connectivity index (χ2v) is 4.34. The third-order valence-corrected chi connectivity index (χ3v) is 3.19. The Hall–Kier alpha value is -1.56. The van der Waals surface area contributed by atoms with Gasteiger partial charge >= 0.3 is 0 Å². The number of nitrogens with two attached hydrogens (primary N) is 2. The zero-order valence-corrected chi connectivity index (χ0v) is 10.2. The predicted molar refractivity (Wildman–Crippen MR) is 69.6 cm³/mol. The standard InChI is InChI=1S/C11H20N6/c1-2-17-5-3-4-8(17)7-14-10-6-9(12)15-11(13)16-10/h6,8H,2-5,7H2,1H3,(H5,12,13,14,15,16). The van der Waals surface area contributed by atoms with Crippen LogP contribution in [0.3, 0.4) is 0 Å². The minimum Gasteiger partial charge on any atom is -0.383 e. The minimum absolute atomic E-state index is 0.214. The molecule has 1 aliphatic heterocycles. The van der Waals surface area contributed by atoms with E-state index in [1.165, 1.54) is 19.4 Å². The number of aromatic nitrogens is 2. The van der Waals surface area contributed by atoms with Crippen LogP contribution in [0, 0.1) is 0 Å². The maximum atomic E-state index is 5.62. The van der Waals surface area contributed by atoms with Gasteiger partial charge in [0, 0.05) is 18.7 Å². The first-order chi connectivity index (χ1) is 8.19. The summed E-state index contributed by atoms with van der Waals surface area (Å²) < 4.78 is 0. The van der Waals surface area contributed by atoms with Gasteiger partial charge in [-0.3, -0.25) is 4.90 Å². The SMILES string of the molecule is CCN1CCCC1CNc1cc(N)nc(N)n1. The molecule has 1 saturated heterocycles. The topological polar surface area (TPSA) is 93.1 Å². The van der Waals surface area contributed by atoms with Crippen molar-refractivity contribution < 1.29 is 0 Å². The van der Waals surface area contributed by atoms with Crippen molar-refractivity contribution >= 4 is 17.6 Å². The number of hydrogen-bond donors (Lipinski definition) is 3. The molecule has 0 amide bonds. The first-order valence-electron chi connectivity index (χ1n) is 6.07. The number of nitrogen functional groups attached to an aromatic ring is 2. The summed E-state index contributed by atoms with van der Waals surface area (Å²) in [5, 5.41) is 3.28. The Morgan fingerprint density at radius 2 is 2.29 bits per heavy atom. The summed E-state index contributed by atoms with van der Waals surface area (Å²) in [7, 11) is 0. The molecule has 1 unspecified atom stereocenters. The normalized spacial score (nSPS) is 20.6. The second kappa shape index (κ2) is 5.18. The monoisotopic (exact) mass is 236 g/mol. The Morgan fingerprint density at radius 1 is 1.47 bits per heavy atom. The van der Waals surface area contributed by atoms with Crippen molar-refractivity contribution in [2.45, 2.75) is 25.8 Å². The van der Waals surface area contributed by atoms with Gasteiger partial charge in [-0.05, 0) is 25.9 Å². The van der Waals surface area contributed by atoms with Gasteiger partial charge in [0.25, 0.3) is 0 Å².